The van der Waals surface area contributed by atoms with E-state index < -0.39 is 12.1 Å². The summed E-state index contributed by atoms with van der Waals surface area (Å²) in [7, 11) is 0. The SMILES string of the molecule is CC(c1ccccc1CCN)C(F)(F)F. The predicted octanol–water partition coefficient (Wildman–Crippen LogP) is 2.85. The molecule has 0 aromatic heterocycles. The lowest BCUT2D eigenvalue weighted by Gasteiger charge is -2.19. The largest absolute Gasteiger partial charge is 0.395 e. The van der Waals surface area contributed by atoms with E-state index in [1.165, 1.54) is 13.0 Å². The zero-order chi connectivity index (χ0) is 11.5. The first-order valence-corrected chi connectivity index (χ1v) is 4.81. The topological polar surface area (TPSA) is 26.0 Å². The van der Waals surface area contributed by atoms with Crippen molar-refractivity contribution in [2.45, 2.75) is 25.4 Å². The number of benzene rings is 1. The summed E-state index contributed by atoms with van der Waals surface area (Å²) in [5.41, 5.74) is 6.37. The van der Waals surface area contributed by atoms with Gasteiger partial charge in [-0.3, -0.25) is 0 Å². The highest BCUT2D eigenvalue weighted by molar-refractivity contribution is 5.31. The molecule has 1 unspecified atom stereocenters. The van der Waals surface area contributed by atoms with Crippen molar-refractivity contribution >= 4 is 0 Å². The van der Waals surface area contributed by atoms with Crippen LogP contribution < -0.4 is 5.73 Å². The van der Waals surface area contributed by atoms with Gasteiger partial charge in [0.2, 0.25) is 0 Å². The Morgan fingerprint density at radius 2 is 1.87 bits per heavy atom. The van der Waals surface area contributed by atoms with Gasteiger partial charge in [-0.25, -0.2) is 0 Å². The summed E-state index contributed by atoms with van der Waals surface area (Å²) in [6, 6.07) is 6.57. The fourth-order valence-electron chi connectivity index (χ4n) is 1.52. The third kappa shape index (κ3) is 2.96. The maximum Gasteiger partial charge on any atom is 0.395 e. The van der Waals surface area contributed by atoms with Crippen molar-refractivity contribution in [2.75, 3.05) is 6.54 Å². The Morgan fingerprint density at radius 3 is 2.40 bits per heavy atom. The van der Waals surface area contributed by atoms with Crippen LogP contribution in [0.1, 0.15) is 24.0 Å². The van der Waals surface area contributed by atoms with Gasteiger partial charge in [0.1, 0.15) is 0 Å². The molecule has 0 saturated heterocycles. The molecular weight excluding hydrogens is 203 g/mol. The first-order chi connectivity index (χ1) is 6.96. The molecule has 1 nitrogen and oxygen atoms in total. The molecule has 0 bridgehead atoms. The van der Waals surface area contributed by atoms with Gasteiger partial charge in [0, 0.05) is 0 Å². The Kier molecular flexibility index (Phi) is 3.74. The molecule has 0 aliphatic carbocycles. The van der Waals surface area contributed by atoms with Gasteiger partial charge in [0.05, 0.1) is 5.92 Å². The van der Waals surface area contributed by atoms with Crippen LogP contribution in [-0.4, -0.2) is 12.7 Å². The van der Waals surface area contributed by atoms with Crippen molar-refractivity contribution in [2.24, 2.45) is 5.73 Å². The van der Waals surface area contributed by atoms with Crippen LogP contribution in [0, 0.1) is 0 Å². The molecule has 0 amide bonds. The number of halogens is 3. The Hall–Kier alpha value is -1.03. The molecule has 84 valence electrons. The molecular formula is C11H14F3N. The second-order valence-corrected chi connectivity index (χ2v) is 3.50. The highest BCUT2D eigenvalue weighted by atomic mass is 19.4. The molecule has 1 rings (SSSR count). The van der Waals surface area contributed by atoms with Gasteiger partial charge >= 0.3 is 6.18 Å². The molecule has 0 heterocycles. The van der Waals surface area contributed by atoms with Crippen molar-refractivity contribution in [3.63, 3.8) is 0 Å². The molecule has 1 aromatic rings. The van der Waals surface area contributed by atoms with Gasteiger partial charge in [-0.05, 0) is 31.0 Å². The van der Waals surface area contributed by atoms with Crippen LogP contribution in [0.25, 0.3) is 0 Å². The molecule has 0 radical (unpaired) electrons. The van der Waals surface area contributed by atoms with E-state index in [0.717, 1.165) is 0 Å². The molecule has 0 spiro atoms. The molecule has 0 aliphatic heterocycles. The second kappa shape index (κ2) is 4.66. The first-order valence-electron chi connectivity index (χ1n) is 4.81. The van der Waals surface area contributed by atoms with Gasteiger partial charge in [0.25, 0.3) is 0 Å². The van der Waals surface area contributed by atoms with Gasteiger partial charge in [0.15, 0.2) is 0 Å². The summed E-state index contributed by atoms with van der Waals surface area (Å²) in [5, 5.41) is 0. The number of hydrogen-bond donors (Lipinski definition) is 1. The van der Waals surface area contributed by atoms with Gasteiger partial charge < -0.3 is 5.73 Å². The number of hydrogen-bond acceptors (Lipinski definition) is 1. The Balaban J connectivity index is 3.02. The minimum absolute atomic E-state index is 0.329. The van der Waals surface area contributed by atoms with Crippen LogP contribution in [0.15, 0.2) is 24.3 Å². The third-order valence-corrected chi connectivity index (χ3v) is 2.43. The number of rotatable bonds is 3. The van der Waals surface area contributed by atoms with E-state index >= 15 is 0 Å². The van der Waals surface area contributed by atoms with E-state index in [4.69, 9.17) is 5.73 Å². The highest BCUT2D eigenvalue weighted by Crippen LogP contribution is 2.35. The molecule has 0 aliphatic rings. The molecule has 4 heteroatoms. The maximum absolute atomic E-state index is 12.5. The van der Waals surface area contributed by atoms with E-state index in [2.05, 4.69) is 0 Å². The maximum atomic E-state index is 12.5. The van der Waals surface area contributed by atoms with Gasteiger partial charge in [-0.1, -0.05) is 24.3 Å². The monoisotopic (exact) mass is 217 g/mol. The van der Waals surface area contributed by atoms with Crippen LogP contribution in [0.4, 0.5) is 13.2 Å². The average Bonchev–Trinajstić information content (AvgIpc) is 2.17. The molecule has 0 saturated carbocycles. The van der Waals surface area contributed by atoms with Crippen molar-refractivity contribution in [3.8, 4) is 0 Å². The van der Waals surface area contributed by atoms with Crippen LogP contribution >= 0.6 is 0 Å². The number of nitrogens with two attached hydrogens (primary N) is 1. The lowest BCUT2D eigenvalue weighted by atomic mass is 9.93. The van der Waals surface area contributed by atoms with Crippen LogP contribution in [0.5, 0.6) is 0 Å². The van der Waals surface area contributed by atoms with Gasteiger partial charge in [-0.2, -0.15) is 13.2 Å². The van der Waals surface area contributed by atoms with E-state index in [1.807, 2.05) is 0 Å². The summed E-state index contributed by atoms with van der Waals surface area (Å²) in [6.45, 7) is 1.54. The fraction of sp³-hybridized carbons (Fsp3) is 0.455. The summed E-state index contributed by atoms with van der Waals surface area (Å²) in [5.74, 6) is -1.43. The van der Waals surface area contributed by atoms with Crippen molar-refractivity contribution in [3.05, 3.63) is 35.4 Å². The minimum Gasteiger partial charge on any atom is -0.330 e. The summed E-state index contributed by atoms with van der Waals surface area (Å²) in [6.07, 6.45) is -3.71. The Bertz CT molecular complexity index is 320. The highest BCUT2D eigenvalue weighted by Gasteiger charge is 2.37. The smallest absolute Gasteiger partial charge is 0.330 e. The molecule has 1 atom stereocenters. The van der Waals surface area contributed by atoms with Gasteiger partial charge in [-0.15, -0.1) is 0 Å². The van der Waals surface area contributed by atoms with E-state index in [9.17, 15) is 13.2 Å². The molecule has 2 N–H and O–H groups in total. The van der Waals surface area contributed by atoms with Crippen LogP contribution in [-0.2, 0) is 6.42 Å². The lowest BCUT2D eigenvalue weighted by molar-refractivity contribution is -0.146. The fourth-order valence-corrected chi connectivity index (χ4v) is 1.52. The Labute approximate surface area is 87.1 Å². The summed E-state index contributed by atoms with van der Waals surface area (Å²) in [4.78, 5) is 0. The van der Waals surface area contributed by atoms with Crippen LogP contribution in [0.3, 0.4) is 0 Å². The second-order valence-electron chi connectivity index (χ2n) is 3.50. The minimum atomic E-state index is -4.19. The van der Waals surface area contributed by atoms with Crippen molar-refractivity contribution in [1.82, 2.24) is 0 Å². The van der Waals surface area contributed by atoms with E-state index in [1.54, 1.807) is 18.2 Å². The van der Waals surface area contributed by atoms with Crippen molar-refractivity contribution in [1.29, 1.82) is 0 Å². The normalized spacial score (nSPS) is 13.9. The first kappa shape index (κ1) is 12.0. The van der Waals surface area contributed by atoms with E-state index in [-0.39, 0.29) is 0 Å². The molecule has 0 fully saturated rings. The van der Waals surface area contributed by atoms with E-state index in [0.29, 0.717) is 24.1 Å². The lowest BCUT2D eigenvalue weighted by Crippen LogP contribution is -2.19. The molecule has 1 aromatic carbocycles. The number of alkyl halides is 3. The summed E-state index contributed by atoms with van der Waals surface area (Å²) >= 11 is 0. The molecule has 15 heavy (non-hydrogen) atoms. The average molecular weight is 217 g/mol. The zero-order valence-corrected chi connectivity index (χ0v) is 8.51. The predicted molar refractivity (Wildman–Crippen MR) is 53.7 cm³/mol. The summed E-state index contributed by atoms with van der Waals surface area (Å²) < 4.78 is 37.6. The van der Waals surface area contributed by atoms with Crippen molar-refractivity contribution < 1.29 is 13.2 Å². The van der Waals surface area contributed by atoms with Crippen LogP contribution in [0.2, 0.25) is 0 Å². The standard InChI is InChI=1S/C11H14F3N/c1-8(11(12,13)14)10-5-3-2-4-9(10)6-7-15/h2-5,8H,6-7,15H2,1H3. The Morgan fingerprint density at radius 1 is 1.27 bits per heavy atom. The quantitative estimate of drug-likeness (QED) is 0.827. The zero-order valence-electron chi connectivity index (χ0n) is 8.51. The third-order valence-electron chi connectivity index (χ3n) is 2.43.